The van der Waals surface area contributed by atoms with Crippen molar-refractivity contribution >= 4 is 44.6 Å². The molecule has 2 aliphatic heterocycles. The molecule has 4 nitrogen and oxygen atoms in total. The lowest BCUT2D eigenvalue weighted by Crippen LogP contribution is -2.33. The number of benzene rings is 3. The molecule has 0 spiro atoms. The van der Waals surface area contributed by atoms with Gasteiger partial charge in [0.1, 0.15) is 12.3 Å². The lowest BCUT2D eigenvalue weighted by Gasteiger charge is -2.20. The van der Waals surface area contributed by atoms with Crippen LogP contribution in [0.25, 0.3) is 0 Å². The Morgan fingerprint density at radius 2 is 1.68 bits per heavy atom. The molecule has 0 aliphatic carbocycles. The quantitative estimate of drug-likeness (QED) is 0.439. The van der Waals surface area contributed by atoms with Gasteiger partial charge in [-0.2, -0.15) is 0 Å². The van der Waals surface area contributed by atoms with Crippen LogP contribution in [0.5, 0.6) is 11.5 Å². The van der Waals surface area contributed by atoms with E-state index in [1.165, 1.54) is 5.56 Å². The minimum Gasteiger partial charge on any atom is -0.493 e. The van der Waals surface area contributed by atoms with Gasteiger partial charge in [-0.15, -0.1) is 0 Å². The Labute approximate surface area is 194 Å². The van der Waals surface area contributed by atoms with E-state index >= 15 is 0 Å². The number of nitrogens with zero attached hydrogens (tertiary/aromatic N) is 2. The first kappa shape index (κ1) is 20.3. The highest BCUT2D eigenvalue weighted by molar-refractivity contribution is 9.10. The van der Waals surface area contributed by atoms with Gasteiger partial charge in [0.25, 0.3) is 0 Å². The molecule has 5 rings (SSSR count). The van der Waals surface area contributed by atoms with Crippen LogP contribution in [0.1, 0.15) is 22.3 Å². The van der Waals surface area contributed by atoms with Gasteiger partial charge in [0.15, 0.2) is 18.0 Å². The molecule has 156 valence electrons. The molecule has 0 aromatic heterocycles. The van der Waals surface area contributed by atoms with Crippen LogP contribution in [0.4, 0.5) is 5.69 Å². The monoisotopic (exact) mass is 495 g/mol. The minimum absolute atomic E-state index is 0.676. The number of fused-ring (bicyclic) bond motifs is 4. The number of rotatable bonds is 3. The van der Waals surface area contributed by atoms with E-state index in [0.29, 0.717) is 5.02 Å². The van der Waals surface area contributed by atoms with Gasteiger partial charge in [-0.25, -0.2) is 9.57 Å². The predicted molar refractivity (Wildman–Crippen MR) is 128 cm³/mol. The lowest BCUT2D eigenvalue weighted by atomic mass is 9.91. The van der Waals surface area contributed by atoms with Crippen molar-refractivity contribution in [2.24, 2.45) is 4.99 Å². The van der Waals surface area contributed by atoms with E-state index in [1.807, 2.05) is 12.1 Å². The first-order valence-corrected chi connectivity index (χ1v) is 11.2. The summed E-state index contributed by atoms with van der Waals surface area (Å²) < 4.78 is 14.6. The summed E-state index contributed by atoms with van der Waals surface area (Å²) in [5.41, 5.74) is 7.64. The van der Waals surface area contributed by atoms with Crippen molar-refractivity contribution in [3.63, 3.8) is 0 Å². The molecule has 0 atom stereocenters. The Morgan fingerprint density at radius 3 is 2.42 bits per heavy atom. The molecule has 2 heterocycles. The molecule has 0 amide bonds. The molecule has 3 aromatic carbocycles. The summed E-state index contributed by atoms with van der Waals surface area (Å²) in [4.78, 5) is 5.07. The highest BCUT2D eigenvalue weighted by Crippen LogP contribution is 2.37. The van der Waals surface area contributed by atoms with Crippen LogP contribution in [0, 0.1) is 0 Å². The van der Waals surface area contributed by atoms with Gasteiger partial charge in [0.05, 0.1) is 31.0 Å². The number of hydrogen-bond donors (Lipinski definition) is 0. The van der Waals surface area contributed by atoms with E-state index in [9.17, 15) is 0 Å². The Kier molecular flexibility index (Phi) is 5.32. The third-order valence-electron chi connectivity index (χ3n) is 5.82. The van der Waals surface area contributed by atoms with Gasteiger partial charge in [0.2, 0.25) is 5.71 Å². The first-order chi connectivity index (χ1) is 15.1. The zero-order valence-corrected chi connectivity index (χ0v) is 19.6. The maximum absolute atomic E-state index is 6.37. The van der Waals surface area contributed by atoms with Gasteiger partial charge in [-0.3, -0.25) is 0 Å². The number of aliphatic imine (C=N–C) groups is 1. The Morgan fingerprint density at radius 1 is 0.935 bits per heavy atom. The maximum atomic E-state index is 6.37. The summed E-state index contributed by atoms with van der Waals surface area (Å²) in [6.07, 6.45) is 0.926. The fourth-order valence-electron chi connectivity index (χ4n) is 4.32. The molecule has 0 N–H and O–H groups in total. The molecule has 2 aliphatic rings. The molecule has 3 aromatic rings. The van der Waals surface area contributed by atoms with Gasteiger partial charge in [-0.05, 0) is 48.0 Å². The number of methoxy groups -OCH3 is 2. The fraction of sp³-hybridized carbons (Fsp3) is 0.200. The summed E-state index contributed by atoms with van der Waals surface area (Å²) >= 11 is 9.90. The Balaban J connectivity index is 1.74. The van der Waals surface area contributed by atoms with E-state index in [-0.39, 0.29) is 0 Å². The van der Waals surface area contributed by atoms with Crippen LogP contribution in [-0.2, 0) is 6.42 Å². The van der Waals surface area contributed by atoms with Crippen molar-refractivity contribution < 1.29 is 14.0 Å². The zero-order chi connectivity index (χ0) is 21.5. The van der Waals surface area contributed by atoms with Crippen molar-refractivity contribution in [1.82, 2.24) is 0 Å². The van der Waals surface area contributed by atoms with Crippen molar-refractivity contribution in [1.29, 1.82) is 0 Å². The lowest BCUT2D eigenvalue weighted by molar-refractivity contribution is -0.512. The van der Waals surface area contributed by atoms with E-state index < -0.39 is 0 Å². The van der Waals surface area contributed by atoms with Gasteiger partial charge >= 0.3 is 0 Å². The van der Waals surface area contributed by atoms with Crippen molar-refractivity contribution in [2.75, 3.05) is 27.3 Å². The van der Waals surface area contributed by atoms with Crippen LogP contribution in [0.2, 0.25) is 5.02 Å². The molecular weight excluding hydrogens is 476 g/mol. The van der Waals surface area contributed by atoms with Gasteiger partial charge in [-0.1, -0.05) is 39.7 Å². The average molecular weight is 497 g/mol. The van der Waals surface area contributed by atoms with Crippen molar-refractivity contribution in [3.8, 4) is 11.5 Å². The molecule has 0 saturated heterocycles. The zero-order valence-electron chi connectivity index (χ0n) is 17.3. The van der Waals surface area contributed by atoms with Crippen molar-refractivity contribution in [3.05, 3.63) is 86.3 Å². The summed E-state index contributed by atoms with van der Waals surface area (Å²) in [7, 11) is 3.35. The van der Waals surface area contributed by atoms with Crippen LogP contribution in [0.3, 0.4) is 0 Å². The largest absolute Gasteiger partial charge is 0.493 e. The SMILES string of the molecule is COc1cc2c(cc1OC)C1=[N+](CC2)CC(c2ccc(Br)cc2)=Nc2cc(Cl)ccc21. The molecule has 0 bridgehead atoms. The van der Waals surface area contributed by atoms with Crippen LogP contribution in [-0.4, -0.2) is 43.3 Å². The number of hydrogen-bond acceptors (Lipinski definition) is 3. The highest BCUT2D eigenvalue weighted by Gasteiger charge is 2.33. The van der Waals surface area contributed by atoms with E-state index in [0.717, 1.165) is 69.3 Å². The topological polar surface area (TPSA) is 33.8 Å². The Hall–Kier alpha value is -2.63. The highest BCUT2D eigenvalue weighted by atomic mass is 79.9. The summed E-state index contributed by atoms with van der Waals surface area (Å²) in [6.45, 7) is 1.62. The smallest absolute Gasteiger partial charge is 0.217 e. The normalized spacial score (nSPS) is 14.8. The van der Waals surface area contributed by atoms with E-state index in [1.54, 1.807) is 14.2 Å². The Bertz CT molecular complexity index is 1250. The fourth-order valence-corrected chi connectivity index (χ4v) is 4.75. The van der Waals surface area contributed by atoms with E-state index in [2.05, 4.69) is 63.0 Å². The second-order valence-corrected chi connectivity index (χ2v) is 8.96. The van der Waals surface area contributed by atoms with E-state index in [4.69, 9.17) is 26.1 Å². The molecule has 0 radical (unpaired) electrons. The molecular formula is C25H21BrClN2O2+. The molecule has 0 saturated carbocycles. The van der Waals surface area contributed by atoms with Gasteiger partial charge in [0, 0.05) is 21.5 Å². The maximum Gasteiger partial charge on any atom is 0.217 e. The molecule has 31 heavy (non-hydrogen) atoms. The third-order valence-corrected chi connectivity index (χ3v) is 6.58. The standard InChI is InChI=1S/C25H21BrClN2O2/c1-30-23-11-16-9-10-29-14-22(15-3-5-17(26)6-4-15)28-21-12-18(27)7-8-19(21)25(29)20(16)13-24(23)31-2/h3-8,11-13H,9-10,14H2,1-2H3/q+1. The predicted octanol–water partition coefficient (Wildman–Crippen LogP) is 5.66. The molecule has 6 heteroatoms. The third kappa shape index (κ3) is 3.66. The minimum atomic E-state index is 0.676. The molecule has 0 unspecified atom stereocenters. The van der Waals surface area contributed by atoms with Crippen molar-refractivity contribution in [2.45, 2.75) is 6.42 Å². The van der Waals surface area contributed by atoms with Crippen LogP contribution < -0.4 is 9.47 Å². The first-order valence-electron chi connectivity index (χ1n) is 10.1. The number of ether oxygens (including phenoxy) is 2. The second-order valence-electron chi connectivity index (χ2n) is 7.61. The van der Waals surface area contributed by atoms with Gasteiger partial charge < -0.3 is 9.47 Å². The summed E-state index contributed by atoms with van der Waals surface area (Å²) in [6, 6.07) is 18.4. The summed E-state index contributed by atoms with van der Waals surface area (Å²) in [5, 5.41) is 0.676. The summed E-state index contributed by atoms with van der Waals surface area (Å²) in [5.74, 6) is 1.48. The van der Waals surface area contributed by atoms with Crippen LogP contribution >= 0.6 is 27.5 Å². The molecule has 0 fully saturated rings. The second kappa shape index (κ2) is 8.13. The number of halogens is 2. The van der Waals surface area contributed by atoms with Crippen LogP contribution in [0.15, 0.2) is 64.1 Å². The average Bonchev–Trinajstić information content (AvgIpc) is 2.95.